The maximum absolute atomic E-state index is 12.4. The standard InChI is InChI=1S/C17H23NO2/c1-4-12-18(14(2)3)17(20)16-10-8-15(9-11-16)7-5-6-13-19/h8-11,14,19H,4,6,12-13H2,1-3H3. The van der Waals surface area contributed by atoms with Crippen LogP contribution in [-0.4, -0.2) is 35.1 Å². The fraction of sp³-hybridized carbons (Fsp3) is 0.471. The average molecular weight is 273 g/mol. The smallest absolute Gasteiger partial charge is 0.254 e. The molecule has 1 rings (SSSR count). The van der Waals surface area contributed by atoms with Crippen molar-refractivity contribution in [2.75, 3.05) is 13.2 Å². The van der Waals surface area contributed by atoms with Crippen LogP contribution in [0.15, 0.2) is 24.3 Å². The Bertz CT molecular complexity index is 480. The Morgan fingerprint density at radius 2 is 1.95 bits per heavy atom. The summed E-state index contributed by atoms with van der Waals surface area (Å²) in [6.07, 6.45) is 1.42. The van der Waals surface area contributed by atoms with Crippen molar-refractivity contribution in [3.8, 4) is 11.8 Å². The molecule has 1 aromatic rings. The predicted octanol–water partition coefficient (Wildman–Crippen LogP) is 2.68. The van der Waals surface area contributed by atoms with Crippen molar-refractivity contribution in [2.45, 2.75) is 39.7 Å². The van der Waals surface area contributed by atoms with Crippen molar-refractivity contribution in [3.63, 3.8) is 0 Å². The molecular weight excluding hydrogens is 250 g/mol. The van der Waals surface area contributed by atoms with Crippen LogP contribution in [0, 0.1) is 11.8 Å². The van der Waals surface area contributed by atoms with E-state index in [-0.39, 0.29) is 18.6 Å². The number of benzene rings is 1. The summed E-state index contributed by atoms with van der Waals surface area (Å²) in [5.74, 6) is 5.89. The molecule has 0 heterocycles. The normalized spacial score (nSPS) is 10.1. The van der Waals surface area contributed by atoms with Gasteiger partial charge in [-0.1, -0.05) is 18.8 Å². The molecule has 0 saturated carbocycles. The van der Waals surface area contributed by atoms with Gasteiger partial charge in [0.15, 0.2) is 0 Å². The fourth-order valence-electron chi connectivity index (χ4n) is 1.92. The lowest BCUT2D eigenvalue weighted by molar-refractivity contribution is 0.0706. The van der Waals surface area contributed by atoms with E-state index >= 15 is 0 Å². The van der Waals surface area contributed by atoms with Gasteiger partial charge in [0.05, 0.1) is 6.61 Å². The van der Waals surface area contributed by atoms with Gasteiger partial charge in [0.2, 0.25) is 0 Å². The second-order valence-electron chi connectivity index (χ2n) is 4.95. The van der Waals surface area contributed by atoms with Gasteiger partial charge in [-0.2, -0.15) is 0 Å². The molecule has 108 valence electrons. The number of hydrogen-bond donors (Lipinski definition) is 1. The van der Waals surface area contributed by atoms with E-state index in [1.54, 1.807) is 0 Å². The highest BCUT2D eigenvalue weighted by Crippen LogP contribution is 2.10. The quantitative estimate of drug-likeness (QED) is 0.838. The van der Waals surface area contributed by atoms with Gasteiger partial charge in [-0.3, -0.25) is 4.79 Å². The van der Waals surface area contributed by atoms with E-state index < -0.39 is 0 Å². The number of carbonyl (C=O) groups excluding carboxylic acids is 1. The van der Waals surface area contributed by atoms with Gasteiger partial charge in [-0.15, -0.1) is 0 Å². The first-order valence-corrected chi connectivity index (χ1v) is 7.11. The Morgan fingerprint density at radius 3 is 2.45 bits per heavy atom. The highest BCUT2D eigenvalue weighted by Gasteiger charge is 2.17. The van der Waals surface area contributed by atoms with Gasteiger partial charge in [-0.05, 0) is 44.5 Å². The highest BCUT2D eigenvalue weighted by atomic mass is 16.2. The first-order valence-electron chi connectivity index (χ1n) is 7.11. The van der Waals surface area contributed by atoms with Crippen molar-refractivity contribution in [2.24, 2.45) is 0 Å². The molecule has 0 aliphatic heterocycles. The van der Waals surface area contributed by atoms with E-state index in [0.717, 1.165) is 18.5 Å². The van der Waals surface area contributed by atoms with Crippen LogP contribution in [0.4, 0.5) is 0 Å². The molecule has 0 aliphatic carbocycles. The SMILES string of the molecule is CCCN(C(=O)c1ccc(C#CCCO)cc1)C(C)C. The molecule has 1 amide bonds. The Kier molecular flexibility index (Phi) is 6.83. The van der Waals surface area contributed by atoms with Crippen molar-refractivity contribution in [1.29, 1.82) is 0 Å². The number of hydrogen-bond acceptors (Lipinski definition) is 2. The zero-order valence-corrected chi connectivity index (χ0v) is 12.5. The molecule has 20 heavy (non-hydrogen) atoms. The van der Waals surface area contributed by atoms with E-state index in [1.165, 1.54) is 0 Å². The van der Waals surface area contributed by atoms with Crippen molar-refractivity contribution in [1.82, 2.24) is 4.90 Å². The molecule has 0 aliphatic rings. The Hall–Kier alpha value is -1.79. The molecule has 3 nitrogen and oxygen atoms in total. The van der Waals surface area contributed by atoms with Gasteiger partial charge < -0.3 is 10.0 Å². The summed E-state index contributed by atoms with van der Waals surface area (Å²) in [6, 6.07) is 7.53. The number of amides is 1. The molecule has 0 bridgehead atoms. The van der Waals surface area contributed by atoms with Crippen LogP contribution >= 0.6 is 0 Å². The zero-order valence-electron chi connectivity index (χ0n) is 12.5. The lowest BCUT2D eigenvalue weighted by Crippen LogP contribution is -2.37. The second kappa shape index (κ2) is 8.39. The van der Waals surface area contributed by atoms with Gasteiger partial charge in [-0.25, -0.2) is 0 Å². The lowest BCUT2D eigenvalue weighted by atomic mass is 10.1. The topological polar surface area (TPSA) is 40.5 Å². The number of rotatable bonds is 5. The predicted molar refractivity (Wildman–Crippen MR) is 81.5 cm³/mol. The van der Waals surface area contributed by atoms with Crippen LogP contribution in [0.1, 0.15) is 49.5 Å². The summed E-state index contributed by atoms with van der Waals surface area (Å²) in [6.45, 7) is 6.98. The van der Waals surface area contributed by atoms with Gasteiger partial charge in [0.25, 0.3) is 5.91 Å². The Labute approximate surface area is 121 Å². The maximum Gasteiger partial charge on any atom is 0.254 e. The average Bonchev–Trinajstić information content (AvgIpc) is 2.45. The van der Waals surface area contributed by atoms with Crippen molar-refractivity contribution >= 4 is 5.91 Å². The summed E-state index contributed by atoms with van der Waals surface area (Å²) in [5, 5.41) is 8.67. The van der Waals surface area contributed by atoms with Gasteiger partial charge in [0, 0.05) is 30.1 Å². The van der Waals surface area contributed by atoms with E-state index in [2.05, 4.69) is 18.8 Å². The summed E-state index contributed by atoms with van der Waals surface area (Å²) in [4.78, 5) is 14.3. The van der Waals surface area contributed by atoms with Crippen molar-refractivity contribution < 1.29 is 9.90 Å². The maximum atomic E-state index is 12.4. The molecule has 1 aromatic carbocycles. The van der Waals surface area contributed by atoms with Gasteiger partial charge in [0.1, 0.15) is 0 Å². The third-order valence-electron chi connectivity index (χ3n) is 2.95. The highest BCUT2D eigenvalue weighted by molar-refractivity contribution is 5.94. The Morgan fingerprint density at radius 1 is 1.30 bits per heavy atom. The third kappa shape index (κ3) is 4.71. The van der Waals surface area contributed by atoms with Crippen LogP contribution in [0.5, 0.6) is 0 Å². The molecule has 0 aromatic heterocycles. The summed E-state index contributed by atoms with van der Waals surface area (Å²) >= 11 is 0. The van der Waals surface area contributed by atoms with E-state index in [0.29, 0.717) is 12.0 Å². The summed E-state index contributed by atoms with van der Waals surface area (Å²) in [7, 11) is 0. The third-order valence-corrected chi connectivity index (χ3v) is 2.95. The van der Waals surface area contributed by atoms with E-state index in [4.69, 9.17) is 5.11 Å². The first kappa shape index (κ1) is 16.3. The van der Waals surface area contributed by atoms with Crippen LogP contribution in [0.3, 0.4) is 0 Å². The molecular formula is C17H23NO2. The molecule has 3 heteroatoms. The molecule has 0 saturated heterocycles. The minimum absolute atomic E-state index is 0.0664. The van der Waals surface area contributed by atoms with Crippen LogP contribution in [0.25, 0.3) is 0 Å². The largest absolute Gasteiger partial charge is 0.395 e. The fourth-order valence-corrected chi connectivity index (χ4v) is 1.92. The number of aliphatic hydroxyl groups is 1. The minimum atomic E-state index is 0.0664. The molecule has 1 N–H and O–H groups in total. The van der Waals surface area contributed by atoms with Crippen LogP contribution in [-0.2, 0) is 0 Å². The first-order chi connectivity index (χ1) is 9.60. The van der Waals surface area contributed by atoms with Crippen molar-refractivity contribution in [3.05, 3.63) is 35.4 Å². The molecule has 0 unspecified atom stereocenters. The molecule has 0 atom stereocenters. The van der Waals surface area contributed by atoms with Crippen LogP contribution in [0.2, 0.25) is 0 Å². The number of nitrogens with zero attached hydrogens (tertiary/aromatic N) is 1. The van der Waals surface area contributed by atoms with Gasteiger partial charge >= 0.3 is 0 Å². The minimum Gasteiger partial charge on any atom is -0.395 e. The number of aliphatic hydroxyl groups excluding tert-OH is 1. The molecule has 0 fully saturated rings. The summed E-state index contributed by atoms with van der Waals surface area (Å²) in [5.41, 5.74) is 1.56. The second-order valence-corrected chi connectivity index (χ2v) is 4.95. The molecule has 0 spiro atoms. The van der Waals surface area contributed by atoms with E-state index in [9.17, 15) is 4.79 Å². The lowest BCUT2D eigenvalue weighted by Gasteiger charge is -2.26. The van der Waals surface area contributed by atoms with E-state index in [1.807, 2.05) is 43.0 Å². The Balaban J connectivity index is 2.82. The number of carbonyl (C=O) groups is 1. The zero-order chi connectivity index (χ0) is 15.0. The van der Waals surface area contributed by atoms with Crippen LogP contribution < -0.4 is 0 Å². The monoisotopic (exact) mass is 273 g/mol. The molecule has 0 radical (unpaired) electrons. The summed E-state index contributed by atoms with van der Waals surface area (Å²) < 4.78 is 0.